The van der Waals surface area contributed by atoms with Gasteiger partial charge in [-0.15, -0.1) is 11.8 Å². The maximum absolute atomic E-state index is 12.8. The number of aromatic nitrogens is 1. The molecule has 5 nitrogen and oxygen atoms in total. The lowest BCUT2D eigenvalue weighted by Gasteiger charge is -2.29. The van der Waals surface area contributed by atoms with Gasteiger partial charge >= 0.3 is 6.03 Å². The van der Waals surface area contributed by atoms with Crippen LogP contribution in [0.2, 0.25) is 0 Å². The summed E-state index contributed by atoms with van der Waals surface area (Å²) < 4.78 is 5.24. The number of carbonyl (C=O) groups is 1. The fourth-order valence-corrected chi connectivity index (χ4v) is 2.83. The van der Waals surface area contributed by atoms with Crippen molar-refractivity contribution in [3.05, 3.63) is 53.9 Å². The second-order valence-electron chi connectivity index (χ2n) is 5.90. The van der Waals surface area contributed by atoms with E-state index in [0.717, 1.165) is 11.3 Å². The molecule has 0 radical (unpaired) electrons. The fraction of sp³-hybridized carbons (Fsp3) is 0.368. The van der Waals surface area contributed by atoms with Crippen LogP contribution in [0.5, 0.6) is 0 Å². The first kappa shape index (κ1) is 19.3. The van der Waals surface area contributed by atoms with Crippen molar-refractivity contribution in [2.45, 2.75) is 31.3 Å². The number of thioether (sulfide) groups is 1. The quantitative estimate of drug-likeness (QED) is 0.754. The molecule has 0 spiro atoms. The van der Waals surface area contributed by atoms with E-state index in [4.69, 9.17) is 4.74 Å². The van der Waals surface area contributed by atoms with Gasteiger partial charge in [0.25, 0.3) is 0 Å². The third-order valence-electron chi connectivity index (χ3n) is 3.88. The van der Waals surface area contributed by atoms with Gasteiger partial charge in [-0.25, -0.2) is 4.79 Å². The molecule has 1 N–H and O–H groups in total. The first-order valence-electron chi connectivity index (χ1n) is 8.15. The van der Waals surface area contributed by atoms with Crippen LogP contribution in [0.4, 0.5) is 10.5 Å². The molecule has 0 bridgehead atoms. The molecule has 6 heteroatoms. The second-order valence-corrected chi connectivity index (χ2v) is 6.78. The lowest BCUT2D eigenvalue weighted by Crippen LogP contribution is -2.43. The number of nitrogens with zero attached hydrogens (tertiary/aromatic N) is 2. The van der Waals surface area contributed by atoms with Crippen LogP contribution in [0.1, 0.15) is 18.2 Å². The second kappa shape index (κ2) is 9.44. The number of pyridine rings is 1. The summed E-state index contributed by atoms with van der Waals surface area (Å²) in [5.41, 5.74) is 2.68. The minimum atomic E-state index is -0.163. The van der Waals surface area contributed by atoms with E-state index in [9.17, 15) is 4.79 Å². The summed E-state index contributed by atoms with van der Waals surface area (Å²) in [5, 5.41) is 2.92. The average Bonchev–Trinajstić information content (AvgIpc) is 2.62. The van der Waals surface area contributed by atoms with Gasteiger partial charge in [0.15, 0.2) is 0 Å². The van der Waals surface area contributed by atoms with Crippen LogP contribution in [-0.2, 0) is 11.3 Å². The molecule has 0 aliphatic carbocycles. The van der Waals surface area contributed by atoms with Crippen LogP contribution >= 0.6 is 11.8 Å². The Morgan fingerprint density at radius 1 is 1.28 bits per heavy atom. The number of hydrogen-bond donors (Lipinski definition) is 1. The molecular weight excluding hydrogens is 334 g/mol. The highest BCUT2D eigenvalue weighted by atomic mass is 32.2. The van der Waals surface area contributed by atoms with Crippen molar-refractivity contribution in [3.63, 3.8) is 0 Å². The highest BCUT2D eigenvalue weighted by Crippen LogP contribution is 2.17. The average molecular weight is 359 g/mol. The van der Waals surface area contributed by atoms with Crippen LogP contribution in [0, 0.1) is 6.92 Å². The van der Waals surface area contributed by atoms with E-state index >= 15 is 0 Å². The van der Waals surface area contributed by atoms with E-state index in [2.05, 4.69) is 34.6 Å². The Labute approximate surface area is 153 Å². The Balaban J connectivity index is 2.12. The number of anilines is 1. The van der Waals surface area contributed by atoms with Gasteiger partial charge in [-0.3, -0.25) is 4.98 Å². The lowest BCUT2D eigenvalue weighted by atomic mass is 10.2. The molecule has 0 saturated heterocycles. The number of carbonyl (C=O) groups excluding carboxylic acids is 1. The maximum atomic E-state index is 12.8. The molecule has 0 fully saturated rings. The van der Waals surface area contributed by atoms with Crippen molar-refractivity contribution in [1.29, 1.82) is 0 Å². The number of urea groups is 1. The first-order valence-corrected chi connectivity index (χ1v) is 9.38. The summed E-state index contributed by atoms with van der Waals surface area (Å²) in [6.07, 6.45) is 3.71. The molecule has 0 aliphatic rings. The zero-order valence-corrected chi connectivity index (χ0v) is 16.0. The topological polar surface area (TPSA) is 54.5 Å². The minimum absolute atomic E-state index is 0.0522. The Bertz CT molecular complexity index is 674. The normalized spacial score (nSPS) is 11.8. The number of benzene rings is 1. The smallest absolute Gasteiger partial charge is 0.322 e. The first-order chi connectivity index (χ1) is 12.0. The van der Waals surface area contributed by atoms with Gasteiger partial charge < -0.3 is 15.0 Å². The van der Waals surface area contributed by atoms with Crippen LogP contribution in [0.3, 0.4) is 0 Å². The van der Waals surface area contributed by atoms with Gasteiger partial charge in [0, 0.05) is 24.2 Å². The van der Waals surface area contributed by atoms with Crippen molar-refractivity contribution in [2.24, 2.45) is 0 Å². The van der Waals surface area contributed by atoms with Crippen molar-refractivity contribution < 1.29 is 9.53 Å². The molecule has 2 aromatic rings. The van der Waals surface area contributed by atoms with Crippen LogP contribution < -0.4 is 5.32 Å². The van der Waals surface area contributed by atoms with Gasteiger partial charge in [-0.2, -0.15) is 0 Å². The Hall–Kier alpha value is -2.05. The van der Waals surface area contributed by atoms with Gasteiger partial charge in [0.2, 0.25) is 0 Å². The third kappa shape index (κ3) is 5.76. The zero-order valence-electron chi connectivity index (χ0n) is 15.2. The van der Waals surface area contributed by atoms with E-state index < -0.39 is 0 Å². The Morgan fingerprint density at radius 2 is 2.00 bits per heavy atom. The summed E-state index contributed by atoms with van der Waals surface area (Å²) in [5.74, 6) is 0. The number of aryl methyl sites for hydroxylation is 1. The van der Waals surface area contributed by atoms with E-state index in [1.165, 1.54) is 4.90 Å². The van der Waals surface area contributed by atoms with Crippen LogP contribution in [-0.4, -0.2) is 41.9 Å². The molecule has 0 aliphatic heterocycles. The van der Waals surface area contributed by atoms with Gasteiger partial charge in [0.1, 0.15) is 0 Å². The predicted octanol–water partition coefficient (Wildman–Crippen LogP) is 4.18. The van der Waals surface area contributed by atoms with Crippen molar-refractivity contribution in [2.75, 3.05) is 25.3 Å². The molecule has 25 heavy (non-hydrogen) atoms. The Kier molecular flexibility index (Phi) is 7.28. The molecule has 1 unspecified atom stereocenters. The molecule has 1 heterocycles. The summed E-state index contributed by atoms with van der Waals surface area (Å²) in [6, 6.07) is 11.8. The molecule has 1 aromatic carbocycles. The van der Waals surface area contributed by atoms with Crippen LogP contribution in [0.25, 0.3) is 0 Å². The third-order valence-corrected chi connectivity index (χ3v) is 4.62. The van der Waals surface area contributed by atoms with Crippen molar-refractivity contribution in [1.82, 2.24) is 9.88 Å². The van der Waals surface area contributed by atoms with Gasteiger partial charge in [-0.1, -0.05) is 12.1 Å². The Morgan fingerprint density at radius 3 is 2.56 bits per heavy atom. The molecule has 0 saturated carbocycles. The van der Waals surface area contributed by atoms with E-state index in [0.29, 0.717) is 18.8 Å². The van der Waals surface area contributed by atoms with Crippen molar-refractivity contribution in [3.8, 4) is 0 Å². The number of ether oxygens (including phenoxy) is 1. The summed E-state index contributed by atoms with van der Waals surface area (Å²) in [7, 11) is 1.64. The molecular formula is C19H25N3O2S. The number of nitrogens with one attached hydrogen (secondary N) is 1. The maximum Gasteiger partial charge on any atom is 0.322 e. The number of methoxy groups -OCH3 is 1. The number of rotatable bonds is 7. The van der Waals surface area contributed by atoms with E-state index in [-0.39, 0.29) is 12.1 Å². The molecule has 2 rings (SSSR count). The summed E-state index contributed by atoms with van der Waals surface area (Å²) in [6.45, 7) is 4.89. The number of amides is 2. The molecule has 134 valence electrons. The summed E-state index contributed by atoms with van der Waals surface area (Å²) in [4.78, 5) is 20.0. The molecule has 1 atom stereocenters. The van der Waals surface area contributed by atoms with Crippen molar-refractivity contribution >= 4 is 23.5 Å². The van der Waals surface area contributed by atoms with Crippen LogP contribution in [0.15, 0.2) is 47.5 Å². The van der Waals surface area contributed by atoms with Gasteiger partial charge in [-0.05, 0) is 49.9 Å². The monoisotopic (exact) mass is 359 g/mol. The summed E-state index contributed by atoms with van der Waals surface area (Å²) >= 11 is 1.70. The highest BCUT2D eigenvalue weighted by Gasteiger charge is 2.20. The SMILES string of the molecule is COCC(C)N(Cc1ccc(SC)cc1)C(=O)Nc1ccc(C)nc1. The minimum Gasteiger partial charge on any atom is -0.383 e. The van der Waals surface area contributed by atoms with E-state index in [1.54, 1.807) is 30.0 Å². The standard InChI is InChI=1S/C19H25N3O2S/c1-14-5-8-17(11-20-14)21-19(23)22(15(2)13-24-3)12-16-6-9-18(25-4)10-7-16/h5-11,15H,12-13H2,1-4H3,(H,21,23). The van der Waals surface area contributed by atoms with Gasteiger partial charge in [0.05, 0.1) is 24.5 Å². The predicted molar refractivity (Wildman–Crippen MR) is 103 cm³/mol. The fourth-order valence-electron chi connectivity index (χ4n) is 2.42. The largest absolute Gasteiger partial charge is 0.383 e. The lowest BCUT2D eigenvalue weighted by molar-refractivity contribution is 0.113. The highest BCUT2D eigenvalue weighted by molar-refractivity contribution is 7.98. The molecule has 2 amide bonds. The van der Waals surface area contributed by atoms with E-state index in [1.807, 2.05) is 32.2 Å². The molecule has 1 aromatic heterocycles. The zero-order chi connectivity index (χ0) is 18.2. The number of hydrogen-bond acceptors (Lipinski definition) is 4.